The first kappa shape index (κ1) is 22.1. The molecule has 0 aliphatic heterocycles. The number of benzene rings is 2. The zero-order chi connectivity index (χ0) is 22.4. The SMILES string of the molecule is CNC(=O)c1cc(Oc2ccc(C(C)NC(=O)Nc3ccc(C)c(Cl)c3)cc2)ccn1. The van der Waals surface area contributed by atoms with E-state index in [1.807, 2.05) is 32.0 Å². The van der Waals surface area contributed by atoms with Crippen LogP contribution in [0.3, 0.4) is 0 Å². The van der Waals surface area contributed by atoms with Gasteiger partial charge in [-0.3, -0.25) is 9.78 Å². The van der Waals surface area contributed by atoms with Crippen molar-refractivity contribution in [2.24, 2.45) is 0 Å². The van der Waals surface area contributed by atoms with Crippen LogP contribution < -0.4 is 20.7 Å². The minimum atomic E-state index is -0.328. The Labute approximate surface area is 185 Å². The van der Waals surface area contributed by atoms with Gasteiger partial charge < -0.3 is 20.7 Å². The Kier molecular flexibility index (Phi) is 7.10. The molecular formula is C23H23ClN4O3. The largest absolute Gasteiger partial charge is 0.457 e. The average molecular weight is 439 g/mol. The third-order valence-corrected chi connectivity index (χ3v) is 4.99. The molecule has 0 radical (unpaired) electrons. The Morgan fingerprint density at radius 2 is 1.77 bits per heavy atom. The van der Waals surface area contributed by atoms with E-state index < -0.39 is 0 Å². The topological polar surface area (TPSA) is 92.4 Å². The van der Waals surface area contributed by atoms with Gasteiger partial charge in [0.15, 0.2) is 0 Å². The number of nitrogens with one attached hydrogen (secondary N) is 3. The summed E-state index contributed by atoms with van der Waals surface area (Å²) in [6.45, 7) is 3.78. The number of hydrogen-bond acceptors (Lipinski definition) is 4. The minimum Gasteiger partial charge on any atom is -0.457 e. The van der Waals surface area contributed by atoms with Crippen LogP contribution in [0, 0.1) is 6.92 Å². The Hall–Kier alpha value is -3.58. The monoisotopic (exact) mass is 438 g/mol. The van der Waals surface area contributed by atoms with Crippen LogP contribution in [0.4, 0.5) is 10.5 Å². The van der Waals surface area contributed by atoms with Gasteiger partial charge in [0.2, 0.25) is 0 Å². The Morgan fingerprint density at radius 3 is 2.45 bits per heavy atom. The summed E-state index contributed by atoms with van der Waals surface area (Å²) in [6.07, 6.45) is 1.51. The number of aryl methyl sites for hydroxylation is 1. The number of carbonyl (C=O) groups is 2. The summed E-state index contributed by atoms with van der Waals surface area (Å²) in [5.41, 5.74) is 2.75. The fourth-order valence-electron chi connectivity index (χ4n) is 2.81. The molecule has 0 aliphatic carbocycles. The smallest absolute Gasteiger partial charge is 0.319 e. The molecule has 1 atom stereocenters. The molecule has 0 bridgehead atoms. The van der Waals surface area contributed by atoms with E-state index in [-0.39, 0.29) is 23.7 Å². The molecular weight excluding hydrogens is 416 g/mol. The molecule has 160 valence electrons. The molecule has 3 rings (SSSR count). The Bertz CT molecular complexity index is 1090. The summed E-state index contributed by atoms with van der Waals surface area (Å²) in [4.78, 5) is 28.0. The lowest BCUT2D eigenvalue weighted by Crippen LogP contribution is -2.31. The number of carbonyl (C=O) groups excluding carboxylic acids is 2. The highest BCUT2D eigenvalue weighted by molar-refractivity contribution is 6.31. The van der Waals surface area contributed by atoms with E-state index >= 15 is 0 Å². The number of hydrogen-bond donors (Lipinski definition) is 3. The van der Waals surface area contributed by atoms with E-state index in [1.165, 1.54) is 6.20 Å². The molecule has 0 saturated heterocycles. The molecule has 1 aromatic heterocycles. The molecule has 2 aromatic carbocycles. The van der Waals surface area contributed by atoms with Crippen molar-refractivity contribution in [3.05, 3.63) is 82.6 Å². The van der Waals surface area contributed by atoms with Crippen LogP contribution in [0.1, 0.15) is 34.6 Å². The lowest BCUT2D eigenvalue weighted by Gasteiger charge is -2.16. The van der Waals surface area contributed by atoms with Gasteiger partial charge in [0.05, 0.1) is 6.04 Å². The molecule has 7 nitrogen and oxygen atoms in total. The van der Waals surface area contributed by atoms with E-state index in [1.54, 1.807) is 43.4 Å². The van der Waals surface area contributed by atoms with Gasteiger partial charge in [-0.15, -0.1) is 0 Å². The number of halogens is 1. The second kappa shape index (κ2) is 9.95. The quantitative estimate of drug-likeness (QED) is 0.500. The van der Waals surface area contributed by atoms with Gasteiger partial charge in [0.25, 0.3) is 5.91 Å². The molecule has 8 heteroatoms. The lowest BCUT2D eigenvalue weighted by molar-refractivity contribution is 0.0958. The first-order valence-electron chi connectivity index (χ1n) is 9.65. The average Bonchev–Trinajstić information content (AvgIpc) is 2.76. The van der Waals surface area contributed by atoms with E-state index in [9.17, 15) is 9.59 Å². The van der Waals surface area contributed by atoms with Gasteiger partial charge in [-0.1, -0.05) is 29.8 Å². The third kappa shape index (κ3) is 5.96. The normalized spacial score (nSPS) is 11.4. The maximum Gasteiger partial charge on any atom is 0.319 e. The molecule has 1 heterocycles. The van der Waals surface area contributed by atoms with Gasteiger partial charge >= 0.3 is 6.03 Å². The van der Waals surface area contributed by atoms with E-state index in [0.29, 0.717) is 22.2 Å². The van der Waals surface area contributed by atoms with Gasteiger partial charge in [0, 0.05) is 30.0 Å². The summed E-state index contributed by atoms with van der Waals surface area (Å²) < 4.78 is 5.80. The Balaban J connectivity index is 1.59. The summed E-state index contributed by atoms with van der Waals surface area (Å²) in [5.74, 6) is 0.819. The van der Waals surface area contributed by atoms with Crippen molar-refractivity contribution in [1.29, 1.82) is 0 Å². The highest BCUT2D eigenvalue weighted by atomic mass is 35.5. The maximum atomic E-state index is 12.3. The number of aromatic nitrogens is 1. The van der Waals surface area contributed by atoms with Gasteiger partial charge in [-0.25, -0.2) is 4.79 Å². The number of pyridine rings is 1. The van der Waals surface area contributed by atoms with E-state index in [4.69, 9.17) is 16.3 Å². The second-order valence-electron chi connectivity index (χ2n) is 6.91. The molecule has 3 amide bonds. The van der Waals surface area contributed by atoms with Gasteiger partial charge in [0.1, 0.15) is 17.2 Å². The number of urea groups is 1. The summed E-state index contributed by atoms with van der Waals surface area (Å²) in [7, 11) is 1.54. The minimum absolute atomic E-state index is 0.226. The van der Waals surface area contributed by atoms with Crippen LogP contribution in [-0.4, -0.2) is 24.0 Å². The third-order valence-electron chi connectivity index (χ3n) is 4.58. The van der Waals surface area contributed by atoms with Gasteiger partial charge in [-0.05, 0) is 55.3 Å². The Morgan fingerprint density at radius 1 is 1.03 bits per heavy atom. The van der Waals surface area contributed by atoms with Crippen LogP contribution in [-0.2, 0) is 0 Å². The zero-order valence-corrected chi connectivity index (χ0v) is 18.2. The number of ether oxygens (including phenoxy) is 1. The first-order chi connectivity index (χ1) is 14.9. The molecule has 3 N–H and O–H groups in total. The molecule has 0 spiro atoms. The van der Waals surface area contributed by atoms with Crippen LogP contribution in [0.2, 0.25) is 5.02 Å². The maximum absolute atomic E-state index is 12.3. The van der Waals surface area contributed by atoms with Crippen molar-refractivity contribution < 1.29 is 14.3 Å². The highest BCUT2D eigenvalue weighted by Gasteiger charge is 2.11. The van der Waals surface area contributed by atoms with Crippen molar-refractivity contribution in [1.82, 2.24) is 15.6 Å². The van der Waals surface area contributed by atoms with Crippen molar-refractivity contribution in [2.75, 3.05) is 12.4 Å². The van der Waals surface area contributed by atoms with Crippen molar-refractivity contribution in [3.63, 3.8) is 0 Å². The summed E-state index contributed by atoms with van der Waals surface area (Å²) in [5, 5.41) is 8.78. The van der Waals surface area contributed by atoms with Crippen LogP contribution in [0.25, 0.3) is 0 Å². The number of nitrogens with zero attached hydrogens (tertiary/aromatic N) is 1. The molecule has 0 aliphatic rings. The van der Waals surface area contributed by atoms with Crippen LogP contribution >= 0.6 is 11.6 Å². The van der Waals surface area contributed by atoms with Crippen molar-refractivity contribution >= 4 is 29.2 Å². The fourth-order valence-corrected chi connectivity index (χ4v) is 2.99. The number of rotatable bonds is 6. The van der Waals surface area contributed by atoms with Crippen molar-refractivity contribution in [3.8, 4) is 11.5 Å². The molecule has 3 aromatic rings. The molecule has 1 unspecified atom stereocenters. The number of amides is 3. The first-order valence-corrected chi connectivity index (χ1v) is 10.0. The van der Waals surface area contributed by atoms with E-state index in [2.05, 4.69) is 20.9 Å². The number of anilines is 1. The second-order valence-corrected chi connectivity index (χ2v) is 7.32. The van der Waals surface area contributed by atoms with E-state index in [0.717, 1.165) is 11.1 Å². The summed E-state index contributed by atoms with van der Waals surface area (Å²) >= 11 is 6.10. The van der Waals surface area contributed by atoms with Crippen LogP contribution in [0.5, 0.6) is 11.5 Å². The molecule has 0 fully saturated rings. The van der Waals surface area contributed by atoms with Crippen molar-refractivity contribution in [2.45, 2.75) is 19.9 Å². The predicted molar refractivity (Wildman–Crippen MR) is 121 cm³/mol. The molecule has 0 saturated carbocycles. The molecule has 31 heavy (non-hydrogen) atoms. The predicted octanol–water partition coefficient (Wildman–Crippen LogP) is 5.08. The lowest BCUT2D eigenvalue weighted by atomic mass is 10.1. The highest BCUT2D eigenvalue weighted by Crippen LogP contribution is 2.24. The zero-order valence-electron chi connectivity index (χ0n) is 17.4. The summed E-state index contributed by atoms with van der Waals surface area (Å²) in [6, 6.07) is 15.4. The van der Waals surface area contributed by atoms with Gasteiger partial charge in [-0.2, -0.15) is 0 Å². The van der Waals surface area contributed by atoms with Crippen LogP contribution in [0.15, 0.2) is 60.8 Å². The standard InChI is InChI=1S/C23H23ClN4O3/c1-14-4-7-17(12-20(14)24)28-23(30)27-15(2)16-5-8-18(9-6-16)31-19-10-11-26-21(13-19)22(29)25-3/h4-13,15H,1-3H3,(H,25,29)(H2,27,28,30). The fraction of sp³-hybridized carbons (Fsp3) is 0.174.